The van der Waals surface area contributed by atoms with Gasteiger partial charge in [0.2, 0.25) is 0 Å². The van der Waals surface area contributed by atoms with Crippen LogP contribution in [-0.4, -0.2) is 30.6 Å². The zero-order valence-corrected chi connectivity index (χ0v) is 12.7. The third kappa shape index (κ3) is 3.81. The van der Waals surface area contributed by atoms with Crippen molar-refractivity contribution in [3.8, 4) is 0 Å². The molecule has 0 atom stereocenters. The van der Waals surface area contributed by atoms with Gasteiger partial charge in [0.25, 0.3) is 0 Å². The lowest BCUT2D eigenvalue weighted by atomic mass is 10.2. The number of anilines is 1. The fraction of sp³-hybridized carbons (Fsp3) is 0.571. The van der Waals surface area contributed by atoms with E-state index < -0.39 is 0 Å². The van der Waals surface area contributed by atoms with E-state index in [1.807, 2.05) is 11.8 Å². The van der Waals surface area contributed by atoms with E-state index in [0.29, 0.717) is 6.04 Å². The van der Waals surface area contributed by atoms with E-state index in [0.717, 1.165) is 24.7 Å². The first kappa shape index (κ1) is 14.0. The van der Waals surface area contributed by atoms with Crippen molar-refractivity contribution in [1.82, 2.24) is 5.32 Å². The zero-order chi connectivity index (χ0) is 13.0. The number of benzene rings is 1. The number of halogens is 1. The molecule has 0 radical (unpaired) electrons. The molecule has 1 aromatic rings. The Labute approximate surface area is 119 Å². The molecule has 0 aromatic heterocycles. The van der Waals surface area contributed by atoms with Crippen molar-refractivity contribution in [2.45, 2.75) is 26.4 Å². The van der Waals surface area contributed by atoms with E-state index in [2.05, 4.69) is 42.3 Å². The van der Waals surface area contributed by atoms with E-state index in [9.17, 15) is 0 Å². The van der Waals surface area contributed by atoms with Crippen LogP contribution in [0.4, 0.5) is 5.69 Å². The van der Waals surface area contributed by atoms with E-state index in [4.69, 9.17) is 11.6 Å². The molecule has 0 saturated carbocycles. The Morgan fingerprint density at radius 2 is 2.06 bits per heavy atom. The molecule has 18 heavy (non-hydrogen) atoms. The van der Waals surface area contributed by atoms with Gasteiger partial charge in [-0.25, -0.2) is 0 Å². The molecule has 0 amide bonds. The Morgan fingerprint density at radius 1 is 1.33 bits per heavy atom. The van der Waals surface area contributed by atoms with Crippen LogP contribution in [0.5, 0.6) is 0 Å². The molecule has 100 valence electrons. The maximum atomic E-state index is 6.40. The van der Waals surface area contributed by atoms with Gasteiger partial charge in [0.05, 0.1) is 10.7 Å². The van der Waals surface area contributed by atoms with Crippen LogP contribution in [0.15, 0.2) is 18.2 Å². The van der Waals surface area contributed by atoms with Crippen LogP contribution in [-0.2, 0) is 6.54 Å². The second-order valence-corrected chi connectivity index (χ2v) is 6.55. The van der Waals surface area contributed by atoms with Gasteiger partial charge >= 0.3 is 0 Å². The van der Waals surface area contributed by atoms with Crippen molar-refractivity contribution in [3.05, 3.63) is 28.8 Å². The predicted molar refractivity (Wildman–Crippen MR) is 83.0 cm³/mol. The molecule has 1 aliphatic heterocycles. The third-order valence-corrected chi connectivity index (χ3v) is 4.32. The summed E-state index contributed by atoms with van der Waals surface area (Å²) >= 11 is 8.42. The van der Waals surface area contributed by atoms with Crippen molar-refractivity contribution in [2.75, 3.05) is 29.5 Å². The van der Waals surface area contributed by atoms with Gasteiger partial charge in [-0.1, -0.05) is 31.5 Å². The van der Waals surface area contributed by atoms with E-state index >= 15 is 0 Å². The summed E-state index contributed by atoms with van der Waals surface area (Å²) in [7, 11) is 0. The molecule has 1 N–H and O–H groups in total. The zero-order valence-electron chi connectivity index (χ0n) is 11.1. The number of hydrogen-bond donors (Lipinski definition) is 1. The summed E-state index contributed by atoms with van der Waals surface area (Å²) in [5.41, 5.74) is 2.44. The monoisotopic (exact) mass is 284 g/mol. The van der Waals surface area contributed by atoms with E-state index in [-0.39, 0.29) is 0 Å². The fourth-order valence-corrected chi connectivity index (χ4v) is 3.27. The minimum absolute atomic E-state index is 0.502. The third-order valence-electron chi connectivity index (χ3n) is 3.08. The molecule has 0 bridgehead atoms. The van der Waals surface area contributed by atoms with Crippen LogP contribution in [0.3, 0.4) is 0 Å². The number of nitrogens with one attached hydrogen (secondary N) is 1. The van der Waals surface area contributed by atoms with Crippen LogP contribution < -0.4 is 10.2 Å². The summed E-state index contributed by atoms with van der Waals surface area (Å²) in [6.45, 7) is 7.40. The van der Waals surface area contributed by atoms with Crippen LogP contribution in [0.2, 0.25) is 5.02 Å². The lowest BCUT2D eigenvalue weighted by Gasteiger charge is -2.29. The topological polar surface area (TPSA) is 15.3 Å². The van der Waals surface area contributed by atoms with Gasteiger partial charge in [-0.3, -0.25) is 0 Å². The maximum absolute atomic E-state index is 6.40. The van der Waals surface area contributed by atoms with Gasteiger partial charge in [-0.2, -0.15) is 11.8 Å². The Hall–Kier alpha value is -0.380. The standard InChI is InChI=1S/C14H21ClN2S/c1-11(2)16-10-12-3-4-14(13(15)9-12)17-5-7-18-8-6-17/h3-4,9,11,16H,5-8,10H2,1-2H3. The molecule has 4 heteroatoms. The highest BCUT2D eigenvalue weighted by molar-refractivity contribution is 7.99. The largest absolute Gasteiger partial charge is 0.369 e. The Morgan fingerprint density at radius 3 is 2.67 bits per heavy atom. The van der Waals surface area contributed by atoms with Crippen LogP contribution in [0.1, 0.15) is 19.4 Å². The van der Waals surface area contributed by atoms with Gasteiger partial charge in [0.15, 0.2) is 0 Å². The first-order chi connectivity index (χ1) is 8.66. The average Bonchev–Trinajstić information content (AvgIpc) is 2.37. The molecule has 2 rings (SSSR count). The molecule has 1 aliphatic rings. The van der Waals surface area contributed by atoms with Crippen molar-refractivity contribution in [1.29, 1.82) is 0 Å². The number of nitrogens with zero attached hydrogens (tertiary/aromatic N) is 1. The normalized spacial score (nSPS) is 16.3. The fourth-order valence-electron chi connectivity index (χ4n) is 2.04. The first-order valence-electron chi connectivity index (χ1n) is 6.51. The van der Waals surface area contributed by atoms with Crippen molar-refractivity contribution in [3.63, 3.8) is 0 Å². The molecule has 0 aliphatic carbocycles. The van der Waals surface area contributed by atoms with Crippen molar-refractivity contribution >= 4 is 29.1 Å². The highest BCUT2D eigenvalue weighted by Crippen LogP contribution is 2.28. The van der Waals surface area contributed by atoms with Gasteiger partial charge in [0, 0.05) is 37.2 Å². The summed E-state index contributed by atoms with van der Waals surface area (Å²) in [4.78, 5) is 2.39. The minimum Gasteiger partial charge on any atom is -0.369 e. The van der Waals surface area contributed by atoms with Crippen LogP contribution in [0.25, 0.3) is 0 Å². The SMILES string of the molecule is CC(C)NCc1ccc(N2CCSCC2)c(Cl)c1. The molecule has 2 nitrogen and oxygen atoms in total. The molecule has 1 saturated heterocycles. The highest BCUT2D eigenvalue weighted by atomic mass is 35.5. The van der Waals surface area contributed by atoms with Gasteiger partial charge in [0.1, 0.15) is 0 Å². The summed E-state index contributed by atoms with van der Waals surface area (Å²) in [6, 6.07) is 6.93. The van der Waals surface area contributed by atoms with Crippen molar-refractivity contribution < 1.29 is 0 Å². The smallest absolute Gasteiger partial charge is 0.0642 e. The molecule has 1 fully saturated rings. The van der Waals surface area contributed by atoms with Crippen LogP contribution >= 0.6 is 23.4 Å². The molecule has 0 unspecified atom stereocenters. The quantitative estimate of drug-likeness (QED) is 0.912. The lowest BCUT2D eigenvalue weighted by molar-refractivity contribution is 0.589. The minimum atomic E-state index is 0.502. The Balaban J connectivity index is 2.04. The second kappa shape index (κ2) is 6.69. The summed E-state index contributed by atoms with van der Waals surface area (Å²) in [6.07, 6.45) is 0. The van der Waals surface area contributed by atoms with E-state index in [1.165, 1.54) is 22.8 Å². The van der Waals surface area contributed by atoms with Gasteiger partial charge in [-0.15, -0.1) is 0 Å². The number of hydrogen-bond acceptors (Lipinski definition) is 3. The molecule has 1 heterocycles. The van der Waals surface area contributed by atoms with Crippen LogP contribution in [0, 0.1) is 0 Å². The summed E-state index contributed by atoms with van der Waals surface area (Å²) < 4.78 is 0. The second-order valence-electron chi connectivity index (χ2n) is 4.92. The summed E-state index contributed by atoms with van der Waals surface area (Å²) in [5, 5.41) is 4.29. The van der Waals surface area contributed by atoms with Gasteiger partial charge in [-0.05, 0) is 17.7 Å². The van der Waals surface area contributed by atoms with Crippen molar-refractivity contribution in [2.24, 2.45) is 0 Å². The number of rotatable bonds is 4. The van der Waals surface area contributed by atoms with Gasteiger partial charge < -0.3 is 10.2 Å². The average molecular weight is 285 g/mol. The van der Waals surface area contributed by atoms with E-state index in [1.54, 1.807) is 0 Å². The summed E-state index contributed by atoms with van der Waals surface area (Å²) in [5.74, 6) is 2.40. The maximum Gasteiger partial charge on any atom is 0.0642 e. The first-order valence-corrected chi connectivity index (χ1v) is 8.04. The molecule has 1 aromatic carbocycles. The molecule has 0 spiro atoms. The Kier molecular flexibility index (Phi) is 5.22. The highest BCUT2D eigenvalue weighted by Gasteiger charge is 2.14. The predicted octanol–water partition coefficient (Wildman–Crippen LogP) is 3.39. The number of thioether (sulfide) groups is 1. The molecular formula is C14H21ClN2S. The Bertz CT molecular complexity index is 389. The lowest BCUT2D eigenvalue weighted by Crippen LogP contribution is -2.32. The molecular weight excluding hydrogens is 264 g/mol.